The minimum absolute atomic E-state index is 0.358. The molecular weight excluding hydrogens is 166 g/mol. The normalized spacial score (nSPS) is 24.2. The monoisotopic (exact) mass is 177 g/mol. The minimum Gasteiger partial charge on any atom is -0.454 e. The molecule has 1 fully saturated rings. The lowest BCUT2D eigenvalue weighted by atomic mass is 9.98. The number of hydrogen-bond donors (Lipinski definition) is 1. The van der Waals surface area contributed by atoms with Gasteiger partial charge in [-0.2, -0.15) is 0 Å². The highest BCUT2D eigenvalue weighted by Crippen LogP contribution is 2.35. The van der Waals surface area contributed by atoms with Gasteiger partial charge in [0.25, 0.3) is 0 Å². The van der Waals surface area contributed by atoms with E-state index < -0.39 is 0 Å². The van der Waals surface area contributed by atoms with Gasteiger partial charge in [-0.3, -0.25) is 0 Å². The van der Waals surface area contributed by atoms with Crippen LogP contribution in [0.15, 0.2) is 18.2 Å². The van der Waals surface area contributed by atoms with Crippen molar-refractivity contribution in [1.82, 2.24) is 5.32 Å². The zero-order valence-electron chi connectivity index (χ0n) is 7.25. The van der Waals surface area contributed by atoms with Crippen LogP contribution in [0.1, 0.15) is 18.0 Å². The van der Waals surface area contributed by atoms with Crippen molar-refractivity contribution in [2.75, 3.05) is 13.3 Å². The third kappa shape index (κ3) is 1.08. The molecule has 0 radical (unpaired) electrons. The summed E-state index contributed by atoms with van der Waals surface area (Å²) >= 11 is 0. The average Bonchev–Trinajstić information content (AvgIpc) is 2.47. The second-order valence-electron chi connectivity index (χ2n) is 3.41. The lowest BCUT2D eigenvalue weighted by molar-refractivity contribution is 0.174. The molecule has 0 saturated carbocycles. The average molecular weight is 177 g/mol. The van der Waals surface area contributed by atoms with Crippen LogP contribution in [0.3, 0.4) is 0 Å². The lowest BCUT2D eigenvalue weighted by Crippen LogP contribution is -2.34. The summed E-state index contributed by atoms with van der Waals surface area (Å²) in [7, 11) is 0. The molecule has 2 heterocycles. The Morgan fingerprint density at radius 2 is 2.08 bits per heavy atom. The lowest BCUT2D eigenvalue weighted by Gasteiger charge is -2.28. The van der Waals surface area contributed by atoms with Gasteiger partial charge in [0.1, 0.15) is 0 Å². The van der Waals surface area contributed by atoms with E-state index in [0.717, 1.165) is 18.0 Å². The van der Waals surface area contributed by atoms with Gasteiger partial charge >= 0.3 is 0 Å². The Hall–Kier alpha value is -1.22. The quantitative estimate of drug-likeness (QED) is 0.704. The third-order valence-electron chi connectivity index (χ3n) is 2.62. The van der Waals surface area contributed by atoms with Crippen LogP contribution in [0.2, 0.25) is 0 Å². The maximum absolute atomic E-state index is 5.31. The highest BCUT2D eigenvalue weighted by Gasteiger charge is 2.21. The Balaban J connectivity index is 1.95. The topological polar surface area (TPSA) is 30.5 Å². The van der Waals surface area contributed by atoms with E-state index in [0.29, 0.717) is 12.8 Å². The van der Waals surface area contributed by atoms with Crippen molar-refractivity contribution in [3.8, 4) is 11.5 Å². The molecule has 3 nitrogen and oxygen atoms in total. The minimum atomic E-state index is 0.358. The van der Waals surface area contributed by atoms with Gasteiger partial charge in [0, 0.05) is 6.04 Å². The van der Waals surface area contributed by atoms with Crippen molar-refractivity contribution in [1.29, 1.82) is 0 Å². The van der Waals surface area contributed by atoms with Gasteiger partial charge in [-0.05, 0) is 30.7 Å². The van der Waals surface area contributed by atoms with Crippen LogP contribution >= 0.6 is 0 Å². The molecule has 0 aromatic heterocycles. The summed E-state index contributed by atoms with van der Waals surface area (Å²) < 4.78 is 10.6. The van der Waals surface area contributed by atoms with Gasteiger partial charge < -0.3 is 14.8 Å². The van der Waals surface area contributed by atoms with Crippen LogP contribution < -0.4 is 14.8 Å². The summed E-state index contributed by atoms with van der Waals surface area (Å²) in [5.74, 6) is 1.74. The van der Waals surface area contributed by atoms with E-state index in [1.807, 2.05) is 6.07 Å². The molecule has 1 unspecified atom stereocenters. The van der Waals surface area contributed by atoms with Gasteiger partial charge in [0.2, 0.25) is 6.79 Å². The molecule has 2 aliphatic heterocycles. The molecule has 1 aromatic rings. The second kappa shape index (κ2) is 2.64. The van der Waals surface area contributed by atoms with Crippen LogP contribution in [0.5, 0.6) is 11.5 Å². The van der Waals surface area contributed by atoms with Crippen molar-refractivity contribution in [2.24, 2.45) is 0 Å². The van der Waals surface area contributed by atoms with Crippen molar-refractivity contribution >= 4 is 0 Å². The smallest absolute Gasteiger partial charge is 0.231 e. The summed E-state index contributed by atoms with van der Waals surface area (Å²) in [6, 6.07) is 6.68. The van der Waals surface area contributed by atoms with E-state index in [-0.39, 0.29) is 0 Å². The molecule has 0 aliphatic carbocycles. The molecule has 1 saturated heterocycles. The van der Waals surface area contributed by atoms with Gasteiger partial charge in [-0.1, -0.05) is 6.07 Å². The van der Waals surface area contributed by atoms with Crippen LogP contribution in [0, 0.1) is 0 Å². The number of rotatable bonds is 1. The van der Waals surface area contributed by atoms with Crippen molar-refractivity contribution < 1.29 is 9.47 Å². The maximum Gasteiger partial charge on any atom is 0.231 e. The first-order valence-corrected chi connectivity index (χ1v) is 4.56. The molecule has 1 aromatic carbocycles. The summed E-state index contributed by atoms with van der Waals surface area (Å²) in [4.78, 5) is 0. The first-order valence-electron chi connectivity index (χ1n) is 4.56. The number of ether oxygens (including phenoxy) is 2. The Morgan fingerprint density at radius 3 is 2.85 bits per heavy atom. The zero-order chi connectivity index (χ0) is 8.67. The van der Waals surface area contributed by atoms with Crippen LogP contribution in [-0.4, -0.2) is 13.3 Å². The van der Waals surface area contributed by atoms with E-state index >= 15 is 0 Å². The zero-order valence-corrected chi connectivity index (χ0v) is 7.25. The van der Waals surface area contributed by atoms with Crippen LogP contribution in [0.25, 0.3) is 0 Å². The standard InChI is InChI=1S/C10H11NO2/c1-2-9-10(13-6-12-9)5-7(1)8-3-4-11-8/h1-2,5,8,11H,3-4,6H2. The first-order chi connectivity index (χ1) is 6.43. The predicted molar refractivity (Wildman–Crippen MR) is 47.9 cm³/mol. The molecule has 13 heavy (non-hydrogen) atoms. The fraction of sp³-hybridized carbons (Fsp3) is 0.400. The number of benzene rings is 1. The summed E-state index contributed by atoms with van der Waals surface area (Å²) in [5, 5.41) is 3.36. The molecule has 1 N–H and O–H groups in total. The van der Waals surface area contributed by atoms with E-state index in [2.05, 4.69) is 17.4 Å². The number of fused-ring (bicyclic) bond motifs is 1. The maximum atomic E-state index is 5.31. The Labute approximate surface area is 76.7 Å². The van der Waals surface area contributed by atoms with E-state index in [1.165, 1.54) is 12.0 Å². The Kier molecular flexibility index (Phi) is 1.46. The van der Waals surface area contributed by atoms with Gasteiger partial charge in [-0.25, -0.2) is 0 Å². The molecular formula is C10H11NO2. The van der Waals surface area contributed by atoms with Gasteiger partial charge in [0.05, 0.1) is 0 Å². The van der Waals surface area contributed by atoms with E-state index in [9.17, 15) is 0 Å². The molecule has 0 amide bonds. The molecule has 2 aliphatic rings. The van der Waals surface area contributed by atoms with Crippen molar-refractivity contribution in [3.63, 3.8) is 0 Å². The van der Waals surface area contributed by atoms with Gasteiger partial charge in [-0.15, -0.1) is 0 Å². The Morgan fingerprint density at radius 1 is 1.23 bits per heavy atom. The molecule has 3 heteroatoms. The fourth-order valence-corrected chi connectivity index (χ4v) is 1.70. The van der Waals surface area contributed by atoms with E-state index in [1.54, 1.807) is 0 Å². The summed E-state index contributed by atoms with van der Waals surface area (Å²) in [6.45, 7) is 1.48. The number of hydrogen-bond acceptors (Lipinski definition) is 3. The molecule has 0 spiro atoms. The second-order valence-corrected chi connectivity index (χ2v) is 3.41. The van der Waals surface area contributed by atoms with E-state index in [4.69, 9.17) is 9.47 Å². The summed E-state index contributed by atoms with van der Waals surface area (Å²) in [6.07, 6.45) is 1.22. The molecule has 68 valence electrons. The predicted octanol–water partition coefficient (Wildman–Crippen LogP) is 1.45. The molecule has 1 atom stereocenters. The summed E-state index contributed by atoms with van der Waals surface area (Å²) in [5.41, 5.74) is 1.30. The van der Waals surface area contributed by atoms with Crippen molar-refractivity contribution in [3.05, 3.63) is 23.8 Å². The first kappa shape index (κ1) is 7.21. The molecule has 0 bridgehead atoms. The van der Waals surface area contributed by atoms with Crippen LogP contribution in [-0.2, 0) is 0 Å². The molecule has 3 rings (SSSR count). The Bertz CT molecular complexity index is 334. The van der Waals surface area contributed by atoms with Gasteiger partial charge in [0.15, 0.2) is 11.5 Å². The van der Waals surface area contributed by atoms with Crippen molar-refractivity contribution in [2.45, 2.75) is 12.5 Å². The highest BCUT2D eigenvalue weighted by atomic mass is 16.7. The van der Waals surface area contributed by atoms with Crippen LogP contribution in [0.4, 0.5) is 0 Å². The SMILES string of the molecule is c1cc2c(cc1C1CCN1)OCO2. The highest BCUT2D eigenvalue weighted by molar-refractivity contribution is 5.45. The number of nitrogens with one attached hydrogen (secondary N) is 1. The largest absolute Gasteiger partial charge is 0.454 e. The fourth-order valence-electron chi connectivity index (χ4n) is 1.70. The third-order valence-corrected chi connectivity index (χ3v) is 2.62.